The number of carbonyl (C=O) groups excluding carboxylic acids is 1. The molecule has 1 aromatic carbocycles. The summed E-state index contributed by atoms with van der Waals surface area (Å²) in [5.74, 6) is 0.335. The molecule has 0 fully saturated rings. The second-order valence-electron chi connectivity index (χ2n) is 3.98. The first-order chi connectivity index (χ1) is 9.38. The van der Waals surface area contributed by atoms with Crippen LogP contribution in [0.5, 0.6) is 5.75 Å². The van der Waals surface area contributed by atoms with E-state index in [0.29, 0.717) is 17.9 Å². The van der Waals surface area contributed by atoms with E-state index in [1.54, 1.807) is 42.8 Å². The number of rotatable bonds is 6. The maximum absolute atomic E-state index is 12.1. The van der Waals surface area contributed by atoms with Crippen molar-refractivity contribution in [2.24, 2.45) is 0 Å². The van der Waals surface area contributed by atoms with Gasteiger partial charge in [-0.25, -0.2) is 0 Å². The molecule has 1 aromatic rings. The maximum atomic E-state index is 12.1. The first-order valence-corrected chi connectivity index (χ1v) is 6.97. The van der Waals surface area contributed by atoms with Crippen molar-refractivity contribution in [3.63, 3.8) is 0 Å². The molecule has 0 aromatic heterocycles. The summed E-state index contributed by atoms with van der Waals surface area (Å²) in [6, 6.07) is 6.65. The quantitative estimate of drug-likeness (QED) is 0.473. The van der Waals surface area contributed by atoms with Gasteiger partial charge in [0.15, 0.2) is 0 Å². The van der Waals surface area contributed by atoms with E-state index in [2.05, 4.69) is 11.9 Å². The highest BCUT2D eigenvalue weighted by atomic mass is 35.6. The second kappa shape index (κ2) is 7.74. The van der Waals surface area contributed by atoms with Crippen LogP contribution in [-0.2, 0) is 0 Å². The molecule has 0 unspecified atom stereocenters. The number of nitrogens with one attached hydrogen (secondary N) is 1. The standard InChI is InChI=1S/C13H15Cl3N2O2/c1-3-8-17-12(13(14,15)16)18-11(19)9-4-6-10(20-2)7-5-9/h3-7,12,17H,1,8H2,2H3,(H,18,19)/p+1/t12-/m0/s1. The number of nitrogens with two attached hydrogens (primary N) is 1. The summed E-state index contributed by atoms with van der Waals surface area (Å²) in [5, 5.41) is 4.35. The lowest BCUT2D eigenvalue weighted by Gasteiger charge is -2.22. The van der Waals surface area contributed by atoms with Crippen LogP contribution in [0.25, 0.3) is 0 Å². The second-order valence-corrected chi connectivity index (χ2v) is 6.35. The van der Waals surface area contributed by atoms with Gasteiger partial charge < -0.3 is 10.1 Å². The van der Waals surface area contributed by atoms with E-state index in [-0.39, 0.29) is 5.91 Å². The average molecular weight is 339 g/mol. The number of hydrogen-bond acceptors (Lipinski definition) is 2. The minimum atomic E-state index is -1.62. The van der Waals surface area contributed by atoms with Crippen LogP contribution < -0.4 is 15.4 Å². The van der Waals surface area contributed by atoms with Gasteiger partial charge in [0.05, 0.1) is 13.7 Å². The fraction of sp³-hybridized carbons (Fsp3) is 0.308. The van der Waals surface area contributed by atoms with Gasteiger partial charge in [0.2, 0.25) is 6.17 Å². The lowest BCUT2D eigenvalue weighted by molar-refractivity contribution is -0.683. The zero-order valence-electron chi connectivity index (χ0n) is 10.9. The van der Waals surface area contributed by atoms with Crippen molar-refractivity contribution in [1.29, 1.82) is 0 Å². The minimum Gasteiger partial charge on any atom is -0.497 e. The zero-order chi connectivity index (χ0) is 15.2. The van der Waals surface area contributed by atoms with E-state index in [1.807, 2.05) is 0 Å². The predicted molar refractivity (Wildman–Crippen MR) is 81.5 cm³/mol. The minimum absolute atomic E-state index is 0.329. The Hall–Kier alpha value is -0.940. The summed E-state index contributed by atoms with van der Waals surface area (Å²) in [4.78, 5) is 12.1. The Labute approximate surface area is 133 Å². The highest BCUT2D eigenvalue weighted by Gasteiger charge is 2.37. The monoisotopic (exact) mass is 337 g/mol. The molecule has 0 aliphatic rings. The van der Waals surface area contributed by atoms with Gasteiger partial charge in [0, 0.05) is 5.56 Å². The van der Waals surface area contributed by atoms with Crippen LogP contribution in [0.3, 0.4) is 0 Å². The van der Waals surface area contributed by atoms with Crippen LogP contribution in [-0.4, -0.2) is 29.5 Å². The van der Waals surface area contributed by atoms with Gasteiger partial charge in [-0.15, -0.1) is 0 Å². The molecular formula is C13H16Cl3N2O2+. The molecule has 7 heteroatoms. The van der Waals surface area contributed by atoms with Crippen LogP contribution in [0.2, 0.25) is 0 Å². The van der Waals surface area contributed by atoms with E-state index in [1.165, 1.54) is 0 Å². The molecule has 1 rings (SSSR count). The van der Waals surface area contributed by atoms with Crippen molar-refractivity contribution in [3.8, 4) is 5.75 Å². The van der Waals surface area contributed by atoms with Crippen LogP contribution in [0.1, 0.15) is 10.4 Å². The molecule has 3 N–H and O–H groups in total. The summed E-state index contributed by atoms with van der Waals surface area (Å²) in [7, 11) is 1.55. The summed E-state index contributed by atoms with van der Waals surface area (Å²) >= 11 is 17.5. The predicted octanol–water partition coefficient (Wildman–Crippen LogP) is 1.87. The normalized spacial score (nSPS) is 12.6. The Morgan fingerprint density at radius 2 is 2.05 bits per heavy atom. The lowest BCUT2D eigenvalue weighted by atomic mass is 10.2. The highest BCUT2D eigenvalue weighted by Crippen LogP contribution is 2.27. The number of halogens is 3. The molecule has 0 radical (unpaired) electrons. The molecule has 0 saturated carbocycles. The third kappa shape index (κ3) is 5.21. The number of hydrogen-bond donors (Lipinski definition) is 2. The summed E-state index contributed by atoms with van der Waals surface area (Å²) in [5.41, 5.74) is 0.456. The van der Waals surface area contributed by atoms with E-state index in [4.69, 9.17) is 39.5 Å². The van der Waals surface area contributed by atoms with Crippen LogP contribution in [0, 0.1) is 0 Å². The molecule has 1 atom stereocenters. The van der Waals surface area contributed by atoms with Gasteiger partial charge in [0.25, 0.3) is 9.70 Å². The molecule has 0 aliphatic heterocycles. The van der Waals surface area contributed by atoms with E-state index in [9.17, 15) is 4.79 Å². The van der Waals surface area contributed by atoms with Crippen molar-refractivity contribution < 1.29 is 14.8 Å². The van der Waals surface area contributed by atoms with Gasteiger partial charge in [-0.1, -0.05) is 41.4 Å². The third-order valence-corrected chi connectivity index (χ3v) is 3.24. The Kier molecular flexibility index (Phi) is 6.62. The molecule has 110 valence electrons. The summed E-state index contributed by atoms with van der Waals surface area (Å²) in [6.45, 7) is 4.10. The van der Waals surface area contributed by atoms with Crippen molar-refractivity contribution in [1.82, 2.24) is 5.32 Å². The largest absolute Gasteiger partial charge is 0.497 e. The number of methoxy groups -OCH3 is 1. The Morgan fingerprint density at radius 1 is 1.45 bits per heavy atom. The number of ether oxygens (including phenoxy) is 1. The van der Waals surface area contributed by atoms with Crippen molar-refractivity contribution in [3.05, 3.63) is 42.5 Å². The molecule has 0 aliphatic carbocycles. The number of alkyl halides is 3. The first-order valence-electron chi connectivity index (χ1n) is 5.84. The Balaban J connectivity index is 2.76. The average Bonchev–Trinajstić information content (AvgIpc) is 2.42. The van der Waals surface area contributed by atoms with Gasteiger partial charge in [-0.2, -0.15) is 0 Å². The molecule has 0 heterocycles. The van der Waals surface area contributed by atoms with Crippen molar-refractivity contribution in [2.75, 3.05) is 13.7 Å². The smallest absolute Gasteiger partial charge is 0.262 e. The van der Waals surface area contributed by atoms with Gasteiger partial charge in [-0.05, 0) is 30.3 Å². The van der Waals surface area contributed by atoms with Gasteiger partial charge in [-0.3, -0.25) is 10.1 Å². The fourth-order valence-corrected chi connectivity index (χ4v) is 1.90. The van der Waals surface area contributed by atoms with E-state index in [0.717, 1.165) is 0 Å². The number of amides is 1. The van der Waals surface area contributed by atoms with Crippen LogP contribution in [0.15, 0.2) is 36.9 Å². The topological polar surface area (TPSA) is 54.9 Å². The Bertz CT molecular complexity index is 458. The van der Waals surface area contributed by atoms with Crippen LogP contribution >= 0.6 is 34.8 Å². The van der Waals surface area contributed by atoms with Crippen molar-refractivity contribution in [2.45, 2.75) is 9.96 Å². The molecule has 0 bridgehead atoms. The number of quaternary nitrogens is 1. The maximum Gasteiger partial charge on any atom is 0.262 e. The molecule has 1 amide bonds. The molecule has 0 spiro atoms. The molecule has 0 saturated heterocycles. The van der Waals surface area contributed by atoms with Gasteiger partial charge in [0.1, 0.15) is 5.75 Å². The fourth-order valence-electron chi connectivity index (χ4n) is 1.47. The molecular weight excluding hydrogens is 323 g/mol. The van der Waals surface area contributed by atoms with Crippen LogP contribution in [0.4, 0.5) is 0 Å². The SMILES string of the molecule is C=CC[NH2+][C@@H](NC(=O)c1ccc(OC)cc1)C(Cl)(Cl)Cl. The van der Waals surface area contributed by atoms with Crippen molar-refractivity contribution >= 4 is 40.7 Å². The van der Waals surface area contributed by atoms with E-state index < -0.39 is 9.96 Å². The number of carbonyl (C=O) groups is 1. The van der Waals surface area contributed by atoms with E-state index >= 15 is 0 Å². The van der Waals surface area contributed by atoms with Gasteiger partial charge >= 0.3 is 0 Å². The summed E-state index contributed by atoms with van der Waals surface area (Å²) < 4.78 is 3.41. The Morgan fingerprint density at radius 3 is 2.50 bits per heavy atom. The first kappa shape index (κ1) is 17.1. The highest BCUT2D eigenvalue weighted by molar-refractivity contribution is 6.68. The third-order valence-electron chi connectivity index (χ3n) is 2.53. The lowest BCUT2D eigenvalue weighted by Crippen LogP contribution is -2.96. The molecule has 20 heavy (non-hydrogen) atoms. The number of benzene rings is 1. The zero-order valence-corrected chi connectivity index (χ0v) is 13.2. The summed E-state index contributed by atoms with van der Waals surface area (Å²) in [6.07, 6.45) is 0.947. The molecule has 4 nitrogen and oxygen atoms in total.